The Labute approximate surface area is 148 Å². The first-order valence-electron chi connectivity index (χ1n) is 10.0. The number of aliphatic carboxylic acids is 1. The maximum atomic E-state index is 11.9. The standard InChI is InChI=1S/C20H39NO3/c1-4-6-7-8-9-10-11-12-13-14-15-16-18(22)21-19(20(23)24)17(3)5-2/h17,19H,4-16H2,1-3H3,(H,21,22)(H,23,24). The van der Waals surface area contributed by atoms with Gasteiger partial charge >= 0.3 is 5.97 Å². The van der Waals surface area contributed by atoms with E-state index in [0.717, 1.165) is 19.3 Å². The summed E-state index contributed by atoms with van der Waals surface area (Å²) >= 11 is 0. The van der Waals surface area contributed by atoms with E-state index in [9.17, 15) is 9.59 Å². The van der Waals surface area contributed by atoms with Crippen molar-refractivity contribution in [3.05, 3.63) is 0 Å². The third-order valence-corrected chi connectivity index (χ3v) is 4.80. The Hall–Kier alpha value is -1.06. The molecule has 0 heterocycles. The fourth-order valence-corrected chi connectivity index (χ4v) is 2.88. The summed E-state index contributed by atoms with van der Waals surface area (Å²) in [6.45, 7) is 6.05. The lowest BCUT2D eigenvalue weighted by molar-refractivity contribution is -0.143. The highest BCUT2D eigenvalue weighted by atomic mass is 16.4. The van der Waals surface area contributed by atoms with Crippen LogP contribution in [-0.4, -0.2) is 23.0 Å². The zero-order valence-electron chi connectivity index (χ0n) is 16.1. The summed E-state index contributed by atoms with van der Waals surface area (Å²) in [6.07, 6.45) is 14.9. The number of hydrogen-bond donors (Lipinski definition) is 2. The van der Waals surface area contributed by atoms with Crippen molar-refractivity contribution in [3.63, 3.8) is 0 Å². The van der Waals surface area contributed by atoms with Crippen molar-refractivity contribution in [1.82, 2.24) is 5.32 Å². The highest BCUT2D eigenvalue weighted by Crippen LogP contribution is 2.12. The number of carbonyl (C=O) groups excluding carboxylic acids is 1. The Morgan fingerprint density at radius 3 is 1.71 bits per heavy atom. The Kier molecular flexibility index (Phi) is 14.8. The van der Waals surface area contributed by atoms with Gasteiger partial charge in [0.1, 0.15) is 6.04 Å². The molecule has 0 aromatic rings. The fourth-order valence-electron chi connectivity index (χ4n) is 2.88. The minimum atomic E-state index is -0.934. The maximum Gasteiger partial charge on any atom is 0.326 e. The topological polar surface area (TPSA) is 66.4 Å². The summed E-state index contributed by atoms with van der Waals surface area (Å²) in [5.41, 5.74) is 0. The van der Waals surface area contributed by atoms with Crippen LogP contribution in [0.15, 0.2) is 0 Å². The van der Waals surface area contributed by atoms with E-state index in [4.69, 9.17) is 5.11 Å². The van der Waals surface area contributed by atoms with Crippen LogP contribution in [0.3, 0.4) is 0 Å². The maximum absolute atomic E-state index is 11.9. The van der Waals surface area contributed by atoms with E-state index >= 15 is 0 Å². The van der Waals surface area contributed by atoms with Crippen molar-refractivity contribution >= 4 is 11.9 Å². The van der Waals surface area contributed by atoms with Gasteiger partial charge in [0.25, 0.3) is 0 Å². The van der Waals surface area contributed by atoms with Gasteiger partial charge in [-0.3, -0.25) is 4.79 Å². The molecule has 2 atom stereocenters. The summed E-state index contributed by atoms with van der Waals surface area (Å²) in [5.74, 6) is -1.10. The number of amides is 1. The molecule has 0 aliphatic carbocycles. The molecule has 142 valence electrons. The highest BCUT2D eigenvalue weighted by molar-refractivity contribution is 5.83. The molecule has 0 radical (unpaired) electrons. The summed E-state index contributed by atoms with van der Waals surface area (Å²) in [7, 11) is 0. The van der Waals surface area contributed by atoms with Gasteiger partial charge in [0.15, 0.2) is 0 Å². The number of carboxylic acids is 1. The Balaban J connectivity index is 3.56. The van der Waals surface area contributed by atoms with Gasteiger partial charge in [-0.25, -0.2) is 4.79 Å². The number of carbonyl (C=O) groups is 2. The van der Waals surface area contributed by atoms with Gasteiger partial charge in [-0.05, 0) is 12.3 Å². The van der Waals surface area contributed by atoms with E-state index in [2.05, 4.69) is 12.2 Å². The van der Waals surface area contributed by atoms with Crippen molar-refractivity contribution in [2.24, 2.45) is 5.92 Å². The molecule has 24 heavy (non-hydrogen) atoms. The molecule has 4 nitrogen and oxygen atoms in total. The second kappa shape index (κ2) is 15.5. The van der Waals surface area contributed by atoms with Gasteiger partial charge in [0, 0.05) is 6.42 Å². The van der Waals surface area contributed by atoms with Gasteiger partial charge in [-0.15, -0.1) is 0 Å². The zero-order valence-corrected chi connectivity index (χ0v) is 16.1. The molecule has 0 spiro atoms. The average molecular weight is 342 g/mol. The number of carboxylic acid groups (broad SMARTS) is 1. The molecule has 0 aliphatic rings. The minimum absolute atomic E-state index is 0.0382. The van der Waals surface area contributed by atoms with Gasteiger partial charge in [0.2, 0.25) is 5.91 Å². The van der Waals surface area contributed by atoms with Crippen molar-refractivity contribution in [2.75, 3.05) is 0 Å². The Morgan fingerprint density at radius 2 is 1.29 bits per heavy atom. The predicted molar refractivity (Wildman–Crippen MR) is 100 cm³/mol. The lowest BCUT2D eigenvalue weighted by atomic mass is 9.99. The van der Waals surface area contributed by atoms with Gasteiger partial charge in [-0.1, -0.05) is 91.4 Å². The van der Waals surface area contributed by atoms with Crippen LogP contribution in [0.1, 0.15) is 104 Å². The van der Waals surface area contributed by atoms with Crippen molar-refractivity contribution < 1.29 is 14.7 Å². The fraction of sp³-hybridized carbons (Fsp3) is 0.900. The van der Waals surface area contributed by atoms with E-state index in [1.807, 2.05) is 13.8 Å². The first-order valence-corrected chi connectivity index (χ1v) is 10.0. The number of hydrogen-bond acceptors (Lipinski definition) is 2. The summed E-state index contributed by atoms with van der Waals surface area (Å²) in [6, 6.07) is -0.754. The molecule has 0 bridgehead atoms. The van der Waals surface area contributed by atoms with Crippen molar-refractivity contribution in [2.45, 2.75) is 110 Å². The lowest BCUT2D eigenvalue weighted by Crippen LogP contribution is -2.44. The van der Waals surface area contributed by atoms with Crippen LogP contribution in [0, 0.1) is 5.92 Å². The van der Waals surface area contributed by atoms with E-state index in [1.165, 1.54) is 57.8 Å². The highest BCUT2D eigenvalue weighted by Gasteiger charge is 2.24. The SMILES string of the molecule is CCCCCCCCCCCCCC(=O)NC(C(=O)O)C(C)CC. The quantitative estimate of drug-likeness (QED) is 0.374. The van der Waals surface area contributed by atoms with E-state index in [0.29, 0.717) is 6.42 Å². The normalized spacial score (nSPS) is 13.5. The third kappa shape index (κ3) is 12.4. The van der Waals surface area contributed by atoms with Crippen molar-refractivity contribution in [3.8, 4) is 0 Å². The third-order valence-electron chi connectivity index (χ3n) is 4.80. The molecule has 0 saturated carbocycles. The largest absolute Gasteiger partial charge is 0.480 e. The number of rotatable bonds is 16. The molecular formula is C20H39NO3. The molecule has 0 fully saturated rings. The molecule has 0 aromatic carbocycles. The average Bonchev–Trinajstić information content (AvgIpc) is 2.56. The second-order valence-corrected chi connectivity index (χ2v) is 7.05. The smallest absolute Gasteiger partial charge is 0.326 e. The molecule has 2 N–H and O–H groups in total. The van der Waals surface area contributed by atoms with E-state index in [-0.39, 0.29) is 11.8 Å². The predicted octanol–water partition coefficient (Wildman–Crippen LogP) is 5.30. The summed E-state index contributed by atoms with van der Waals surface area (Å²) < 4.78 is 0. The van der Waals surface area contributed by atoms with Crippen LogP contribution >= 0.6 is 0 Å². The molecule has 1 amide bonds. The van der Waals surface area contributed by atoms with Crippen LogP contribution in [0.4, 0.5) is 0 Å². The van der Waals surface area contributed by atoms with Crippen LogP contribution < -0.4 is 5.32 Å². The molecule has 0 aliphatic heterocycles. The van der Waals surface area contributed by atoms with Crippen LogP contribution in [-0.2, 0) is 9.59 Å². The second-order valence-electron chi connectivity index (χ2n) is 7.05. The Bertz CT molecular complexity index is 331. The number of nitrogens with one attached hydrogen (secondary N) is 1. The first-order chi connectivity index (χ1) is 11.5. The molecule has 4 heteroatoms. The monoisotopic (exact) mass is 341 g/mol. The summed E-state index contributed by atoms with van der Waals surface area (Å²) in [4.78, 5) is 23.0. The van der Waals surface area contributed by atoms with Crippen LogP contribution in [0.25, 0.3) is 0 Å². The minimum Gasteiger partial charge on any atom is -0.480 e. The van der Waals surface area contributed by atoms with E-state index in [1.54, 1.807) is 0 Å². The van der Waals surface area contributed by atoms with Crippen LogP contribution in [0.2, 0.25) is 0 Å². The van der Waals surface area contributed by atoms with Gasteiger partial charge < -0.3 is 10.4 Å². The molecule has 2 unspecified atom stereocenters. The van der Waals surface area contributed by atoms with Gasteiger partial charge in [0.05, 0.1) is 0 Å². The molecule has 0 saturated heterocycles. The molecular weight excluding hydrogens is 302 g/mol. The molecule has 0 rings (SSSR count). The van der Waals surface area contributed by atoms with Gasteiger partial charge in [-0.2, -0.15) is 0 Å². The lowest BCUT2D eigenvalue weighted by Gasteiger charge is -2.20. The van der Waals surface area contributed by atoms with E-state index < -0.39 is 12.0 Å². The van der Waals surface area contributed by atoms with Crippen LogP contribution in [0.5, 0.6) is 0 Å². The number of unbranched alkanes of at least 4 members (excludes halogenated alkanes) is 10. The first kappa shape index (κ1) is 22.9. The Morgan fingerprint density at radius 1 is 0.833 bits per heavy atom. The zero-order chi connectivity index (χ0) is 18.2. The van der Waals surface area contributed by atoms with Crippen molar-refractivity contribution in [1.29, 1.82) is 0 Å². The summed E-state index contributed by atoms with van der Waals surface area (Å²) in [5, 5.41) is 11.8. The molecule has 0 aromatic heterocycles.